The molecule has 0 spiro atoms. The van der Waals surface area contributed by atoms with Crippen LogP contribution in [0.5, 0.6) is 0 Å². The van der Waals surface area contributed by atoms with Crippen LogP contribution in [0.4, 0.5) is 5.69 Å². The molecule has 0 saturated carbocycles. The molecule has 1 amide bonds. The van der Waals surface area contributed by atoms with E-state index in [0.717, 1.165) is 58.6 Å². The van der Waals surface area contributed by atoms with E-state index in [4.69, 9.17) is 4.98 Å². The second-order valence-corrected chi connectivity index (χ2v) is 11.2. The van der Waals surface area contributed by atoms with Crippen molar-refractivity contribution in [1.82, 2.24) is 9.29 Å². The van der Waals surface area contributed by atoms with Gasteiger partial charge in [-0.1, -0.05) is 18.6 Å². The Balaban J connectivity index is 1.52. The van der Waals surface area contributed by atoms with E-state index in [0.29, 0.717) is 18.0 Å². The molecule has 162 valence electrons. The van der Waals surface area contributed by atoms with Gasteiger partial charge in [-0.05, 0) is 61.6 Å². The van der Waals surface area contributed by atoms with Gasteiger partial charge >= 0.3 is 0 Å². The summed E-state index contributed by atoms with van der Waals surface area (Å²) in [6.45, 7) is 2.73. The molecule has 8 heteroatoms. The van der Waals surface area contributed by atoms with Crippen molar-refractivity contribution in [3.8, 4) is 0 Å². The van der Waals surface area contributed by atoms with Crippen LogP contribution in [0.15, 0.2) is 47.4 Å². The SMILES string of the molecule is CC(=O)N1CCCc2cc(S(=O)(=O)N3CCCC[C@H]3c3nc4ccccc4s3)ccc21. The van der Waals surface area contributed by atoms with E-state index in [2.05, 4.69) is 0 Å². The van der Waals surface area contributed by atoms with Gasteiger partial charge in [0.25, 0.3) is 0 Å². The summed E-state index contributed by atoms with van der Waals surface area (Å²) in [5.74, 6) is -0.0107. The van der Waals surface area contributed by atoms with Crippen LogP contribution in [0.3, 0.4) is 0 Å². The summed E-state index contributed by atoms with van der Waals surface area (Å²) >= 11 is 1.58. The first-order valence-electron chi connectivity index (χ1n) is 10.7. The predicted molar refractivity (Wildman–Crippen MR) is 123 cm³/mol. The number of amides is 1. The quantitative estimate of drug-likeness (QED) is 0.583. The lowest BCUT2D eigenvalue weighted by atomic mass is 10.0. The summed E-state index contributed by atoms with van der Waals surface area (Å²) in [5.41, 5.74) is 2.68. The Morgan fingerprint density at radius 3 is 2.74 bits per heavy atom. The lowest BCUT2D eigenvalue weighted by Gasteiger charge is -2.34. The Kier molecular flexibility index (Phi) is 5.32. The smallest absolute Gasteiger partial charge is 0.243 e. The number of hydrogen-bond acceptors (Lipinski definition) is 5. The number of aromatic nitrogens is 1. The van der Waals surface area contributed by atoms with Gasteiger partial charge in [-0.25, -0.2) is 13.4 Å². The molecule has 0 radical (unpaired) electrons. The second-order valence-electron chi connectivity index (χ2n) is 8.21. The molecular weight excluding hydrogens is 430 g/mol. The molecule has 5 rings (SSSR count). The number of hydrogen-bond donors (Lipinski definition) is 0. The molecule has 2 aliphatic rings. The van der Waals surface area contributed by atoms with E-state index >= 15 is 0 Å². The summed E-state index contributed by atoms with van der Waals surface area (Å²) in [6.07, 6.45) is 4.24. The number of piperidine rings is 1. The fraction of sp³-hybridized carbons (Fsp3) is 0.391. The van der Waals surface area contributed by atoms with Crippen LogP contribution in [-0.4, -0.2) is 36.7 Å². The van der Waals surface area contributed by atoms with Crippen LogP contribution in [0.2, 0.25) is 0 Å². The van der Waals surface area contributed by atoms with Crippen molar-refractivity contribution in [1.29, 1.82) is 0 Å². The average Bonchev–Trinajstić information content (AvgIpc) is 3.22. The van der Waals surface area contributed by atoms with Gasteiger partial charge in [0, 0.05) is 25.7 Å². The largest absolute Gasteiger partial charge is 0.312 e. The molecular formula is C23H25N3O3S2. The van der Waals surface area contributed by atoms with Crippen LogP contribution in [0.25, 0.3) is 10.2 Å². The van der Waals surface area contributed by atoms with Gasteiger partial charge in [0.15, 0.2) is 0 Å². The van der Waals surface area contributed by atoms with Crippen LogP contribution >= 0.6 is 11.3 Å². The van der Waals surface area contributed by atoms with Gasteiger partial charge in [-0.2, -0.15) is 4.31 Å². The van der Waals surface area contributed by atoms with E-state index in [-0.39, 0.29) is 11.9 Å². The summed E-state index contributed by atoms with van der Waals surface area (Å²) < 4.78 is 30.1. The molecule has 0 N–H and O–H groups in total. The zero-order valence-electron chi connectivity index (χ0n) is 17.5. The Labute approximate surface area is 186 Å². The molecule has 0 unspecified atom stereocenters. The molecule has 3 heterocycles. The maximum atomic E-state index is 13.7. The topological polar surface area (TPSA) is 70.6 Å². The Bertz CT molecular complexity index is 1220. The van der Waals surface area contributed by atoms with E-state index in [1.165, 1.54) is 0 Å². The first-order chi connectivity index (χ1) is 14.9. The van der Waals surface area contributed by atoms with E-state index < -0.39 is 10.0 Å². The molecule has 2 aromatic carbocycles. The molecule has 1 atom stereocenters. The molecule has 0 bridgehead atoms. The van der Waals surface area contributed by atoms with Gasteiger partial charge in [0.1, 0.15) is 5.01 Å². The predicted octanol–water partition coefficient (Wildman–Crippen LogP) is 4.51. The number of para-hydroxylation sites is 1. The van der Waals surface area contributed by atoms with Gasteiger partial charge < -0.3 is 4.90 Å². The van der Waals surface area contributed by atoms with Crippen LogP contribution < -0.4 is 4.90 Å². The average molecular weight is 456 g/mol. The number of carbonyl (C=O) groups excluding carboxylic acids is 1. The van der Waals surface area contributed by atoms with Crippen molar-refractivity contribution in [2.75, 3.05) is 18.0 Å². The summed E-state index contributed by atoms with van der Waals surface area (Å²) in [4.78, 5) is 18.8. The fourth-order valence-electron chi connectivity index (χ4n) is 4.67. The zero-order valence-corrected chi connectivity index (χ0v) is 19.1. The lowest BCUT2D eigenvalue weighted by Crippen LogP contribution is -2.38. The highest BCUT2D eigenvalue weighted by Gasteiger charge is 2.36. The summed E-state index contributed by atoms with van der Waals surface area (Å²) in [6, 6.07) is 12.9. The summed E-state index contributed by atoms with van der Waals surface area (Å²) in [5, 5.41) is 0.866. The molecule has 6 nitrogen and oxygen atoms in total. The standard InChI is InChI=1S/C23H25N3O3S2/c1-16(27)25-13-6-7-17-15-18(11-12-20(17)25)31(28,29)26-14-5-4-9-21(26)23-24-19-8-2-3-10-22(19)30-23/h2-3,8,10-12,15,21H,4-7,9,13-14H2,1H3/t21-/m0/s1. The highest BCUT2D eigenvalue weighted by atomic mass is 32.2. The maximum absolute atomic E-state index is 13.7. The van der Waals surface area contributed by atoms with Crippen molar-refractivity contribution < 1.29 is 13.2 Å². The number of nitrogens with zero attached hydrogens (tertiary/aromatic N) is 3. The highest BCUT2D eigenvalue weighted by Crippen LogP contribution is 2.39. The first kappa shape index (κ1) is 20.6. The van der Waals surface area contributed by atoms with Crippen molar-refractivity contribution in [3.63, 3.8) is 0 Å². The number of thiazole rings is 1. The minimum absolute atomic E-state index is 0.0107. The molecule has 1 saturated heterocycles. The maximum Gasteiger partial charge on any atom is 0.243 e. The Morgan fingerprint density at radius 1 is 1.10 bits per heavy atom. The molecule has 1 fully saturated rings. The number of anilines is 1. The highest BCUT2D eigenvalue weighted by molar-refractivity contribution is 7.89. The van der Waals surface area contributed by atoms with Crippen LogP contribution in [0.1, 0.15) is 49.2 Å². The third-order valence-electron chi connectivity index (χ3n) is 6.21. The summed E-state index contributed by atoms with van der Waals surface area (Å²) in [7, 11) is -3.67. The number of sulfonamides is 1. The molecule has 1 aromatic heterocycles. The van der Waals surface area contributed by atoms with Gasteiger partial charge in [-0.3, -0.25) is 4.79 Å². The number of benzene rings is 2. The third-order valence-corrected chi connectivity index (χ3v) is 9.25. The van der Waals surface area contributed by atoms with Crippen LogP contribution in [-0.2, 0) is 21.2 Å². The fourth-order valence-corrected chi connectivity index (χ4v) is 7.56. The third kappa shape index (κ3) is 3.66. The Morgan fingerprint density at radius 2 is 1.94 bits per heavy atom. The molecule has 3 aromatic rings. The minimum atomic E-state index is -3.67. The Hall–Kier alpha value is -2.29. The molecule has 2 aliphatic heterocycles. The zero-order chi connectivity index (χ0) is 21.6. The number of carbonyl (C=O) groups is 1. The number of aryl methyl sites for hydroxylation is 1. The minimum Gasteiger partial charge on any atom is -0.312 e. The van der Waals surface area contributed by atoms with Crippen molar-refractivity contribution in [2.24, 2.45) is 0 Å². The van der Waals surface area contributed by atoms with Crippen molar-refractivity contribution in [3.05, 3.63) is 53.0 Å². The van der Waals surface area contributed by atoms with Crippen molar-refractivity contribution in [2.45, 2.75) is 50.0 Å². The number of fused-ring (bicyclic) bond motifs is 2. The van der Waals surface area contributed by atoms with E-state index in [1.807, 2.05) is 24.3 Å². The van der Waals surface area contributed by atoms with Gasteiger partial charge in [-0.15, -0.1) is 11.3 Å². The van der Waals surface area contributed by atoms with Gasteiger partial charge in [0.05, 0.1) is 21.2 Å². The monoisotopic (exact) mass is 455 g/mol. The number of rotatable bonds is 3. The van der Waals surface area contributed by atoms with E-state index in [1.54, 1.807) is 45.7 Å². The van der Waals surface area contributed by atoms with Crippen molar-refractivity contribution >= 4 is 43.2 Å². The second kappa shape index (κ2) is 8.00. The molecule has 31 heavy (non-hydrogen) atoms. The first-order valence-corrected chi connectivity index (χ1v) is 13.0. The lowest BCUT2D eigenvalue weighted by molar-refractivity contribution is -0.116. The molecule has 0 aliphatic carbocycles. The van der Waals surface area contributed by atoms with Crippen LogP contribution in [0, 0.1) is 0 Å². The van der Waals surface area contributed by atoms with Gasteiger partial charge in [0.2, 0.25) is 15.9 Å². The van der Waals surface area contributed by atoms with E-state index in [9.17, 15) is 13.2 Å². The normalized spacial score (nSPS) is 20.0.